The van der Waals surface area contributed by atoms with Crippen molar-refractivity contribution in [1.82, 2.24) is 15.0 Å². The molecule has 1 aromatic rings. The fourth-order valence-corrected chi connectivity index (χ4v) is 0.706. The van der Waals surface area contributed by atoms with Crippen LogP contribution in [0.4, 0.5) is 5.95 Å². The van der Waals surface area contributed by atoms with Crippen molar-refractivity contribution in [2.75, 3.05) is 11.9 Å². The van der Waals surface area contributed by atoms with Crippen LogP contribution < -0.4 is 5.32 Å². The number of aromatic nitrogens is 3. The Morgan fingerprint density at radius 1 is 1.70 bits per heavy atom. The lowest BCUT2D eigenvalue weighted by molar-refractivity contribution is 1.00. The fourth-order valence-electron chi connectivity index (χ4n) is 0.562. The Morgan fingerprint density at radius 3 is 3.10 bits per heavy atom. The van der Waals surface area contributed by atoms with E-state index >= 15 is 0 Å². The first-order valence-electron chi connectivity index (χ1n) is 2.98. The normalized spacial score (nSPS) is 9.30. The average molecular weight is 156 g/mol. The SMILES string of the molecule is CCNc1ncnc(=S)[nH]1. The van der Waals surface area contributed by atoms with Crippen LogP contribution in [0.3, 0.4) is 0 Å². The van der Waals surface area contributed by atoms with Gasteiger partial charge in [-0.1, -0.05) is 0 Å². The molecule has 0 unspecified atom stereocenters. The summed E-state index contributed by atoms with van der Waals surface area (Å²) in [6.07, 6.45) is 1.43. The Kier molecular flexibility index (Phi) is 2.33. The third kappa shape index (κ3) is 1.77. The van der Waals surface area contributed by atoms with Crippen LogP contribution >= 0.6 is 12.2 Å². The minimum atomic E-state index is 0.450. The third-order valence-corrected chi connectivity index (χ3v) is 1.14. The summed E-state index contributed by atoms with van der Waals surface area (Å²) in [5, 5.41) is 2.98. The molecule has 0 bridgehead atoms. The first-order valence-corrected chi connectivity index (χ1v) is 3.39. The first-order chi connectivity index (χ1) is 4.83. The zero-order valence-corrected chi connectivity index (χ0v) is 6.40. The molecule has 0 saturated heterocycles. The van der Waals surface area contributed by atoms with Gasteiger partial charge < -0.3 is 10.3 Å². The summed E-state index contributed by atoms with van der Waals surface area (Å²) >= 11 is 4.77. The van der Waals surface area contributed by atoms with Gasteiger partial charge in [0.1, 0.15) is 6.33 Å². The first kappa shape index (κ1) is 7.14. The van der Waals surface area contributed by atoms with Crippen molar-refractivity contribution in [3.05, 3.63) is 11.1 Å². The van der Waals surface area contributed by atoms with Crippen LogP contribution in [0.1, 0.15) is 6.92 Å². The molecule has 1 heterocycles. The van der Waals surface area contributed by atoms with Crippen LogP contribution in [-0.2, 0) is 0 Å². The van der Waals surface area contributed by atoms with Gasteiger partial charge in [0, 0.05) is 6.54 Å². The van der Waals surface area contributed by atoms with Crippen molar-refractivity contribution in [1.29, 1.82) is 0 Å². The number of hydrogen-bond donors (Lipinski definition) is 2. The van der Waals surface area contributed by atoms with Gasteiger partial charge in [-0.25, -0.2) is 9.97 Å². The Balaban J connectivity index is 2.85. The standard InChI is InChI=1S/C5H8N4S/c1-2-6-4-7-3-8-5(10)9-4/h3H,2H2,1H3,(H2,6,7,8,9,10). The average Bonchev–Trinajstić information content (AvgIpc) is 1.88. The highest BCUT2D eigenvalue weighted by Gasteiger charge is 1.87. The van der Waals surface area contributed by atoms with Gasteiger partial charge in [-0.05, 0) is 19.1 Å². The van der Waals surface area contributed by atoms with Crippen molar-refractivity contribution in [3.8, 4) is 0 Å². The molecule has 0 fully saturated rings. The molecule has 5 heteroatoms. The van der Waals surface area contributed by atoms with Crippen molar-refractivity contribution >= 4 is 18.2 Å². The highest BCUT2D eigenvalue weighted by atomic mass is 32.1. The second kappa shape index (κ2) is 3.26. The quantitative estimate of drug-likeness (QED) is 0.626. The van der Waals surface area contributed by atoms with E-state index < -0.39 is 0 Å². The van der Waals surface area contributed by atoms with Gasteiger partial charge in [0.2, 0.25) is 10.7 Å². The smallest absolute Gasteiger partial charge is 0.203 e. The van der Waals surface area contributed by atoms with Gasteiger partial charge in [-0.2, -0.15) is 0 Å². The molecule has 0 aliphatic carbocycles. The second-order valence-electron chi connectivity index (χ2n) is 1.68. The Hall–Kier alpha value is -0.970. The molecular formula is C5H8N4S. The lowest BCUT2D eigenvalue weighted by Crippen LogP contribution is -2.01. The minimum absolute atomic E-state index is 0.450. The molecule has 2 N–H and O–H groups in total. The van der Waals surface area contributed by atoms with Crippen molar-refractivity contribution in [2.24, 2.45) is 0 Å². The molecule has 0 saturated carbocycles. The Morgan fingerprint density at radius 2 is 2.50 bits per heavy atom. The molecule has 4 nitrogen and oxygen atoms in total. The van der Waals surface area contributed by atoms with E-state index in [0.717, 1.165) is 6.54 Å². The van der Waals surface area contributed by atoms with E-state index in [1.54, 1.807) is 0 Å². The molecule has 0 amide bonds. The van der Waals surface area contributed by atoms with Gasteiger partial charge in [0.15, 0.2) is 0 Å². The Labute approximate surface area is 63.7 Å². The molecule has 0 aliphatic heterocycles. The molecule has 0 radical (unpaired) electrons. The van der Waals surface area contributed by atoms with Gasteiger partial charge in [-0.3, -0.25) is 0 Å². The van der Waals surface area contributed by atoms with E-state index in [0.29, 0.717) is 10.7 Å². The summed E-state index contributed by atoms with van der Waals surface area (Å²) in [5.74, 6) is 0.669. The van der Waals surface area contributed by atoms with Gasteiger partial charge in [-0.15, -0.1) is 0 Å². The fraction of sp³-hybridized carbons (Fsp3) is 0.400. The number of aromatic amines is 1. The lowest BCUT2D eigenvalue weighted by atomic mass is 10.7. The van der Waals surface area contributed by atoms with Gasteiger partial charge >= 0.3 is 0 Å². The van der Waals surface area contributed by atoms with Crippen LogP contribution in [-0.4, -0.2) is 21.5 Å². The monoisotopic (exact) mass is 156 g/mol. The molecule has 0 spiro atoms. The number of hydrogen-bond acceptors (Lipinski definition) is 4. The van der Waals surface area contributed by atoms with E-state index in [-0.39, 0.29) is 0 Å². The maximum absolute atomic E-state index is 4.77. The maximum Gasteiger partial charge on any atom is 0.203 e. The molecule has 54 valence electrons. The highest BCUT2D eigenvalue weighted by molar-refractivity contribution is 7.71. The molecule has 1 aromatic heterocycles. The van der Waals surface area contributed by atoms with Crippen molar-refractivity contribution < 1.29 is 0 Å². The maximum atomic E-state index is 4.77. The molecule has 10 heavy (non-hydrogen) atoms. The zero-order valence-electron chi connectivity index (χ0n) is 5.59. The summed E-state index contributed by atoms with van der Waals surface area (Å²) in [6, 6.07) is 0. The number of rotatable bonds is 2. The van der Waals surface area contributed by atoms with E-state index in [4.69, 9.17) is 12.2 Å². The summed E-state index contributed by atoms with van der Waals surface area (Å²) < 4.78 is 0.450. The second-order valence-corrected chi connectivity index (χ2v) is 2.07. The third-order valence-electron chi connectivity index (χ3n) is 0.931. The predicted molar refractivity (Wildman–Crippen MR) is 41.4 cm³/mol. The minimum Gasteiger partial charge on any atom is -0.356 e. The number of nitrogens with one attached hydrogen (secondary N) is 2. The van der Waals surface area contributed by atoms with E-state index in [2.05, 4.69) is 20.3 Å². The van der Waals surface area contributed by atoms with E-state index in [1.807, 2.05) is 6.92 Å². The largest absolute Gasteiger partial charge is 0.356 e. The van der Waals surface area contributed by atoms with Gasteiger partial charge in [0.05, 0.1) is 0 Å². The summed E-state index contributed by atoms with van der Waals surface area (Å²) in [7, 11) is 0. The molecule has 0 atom stereocenters. The lowest BCUT2D eigenvalue weighted by Gasteiger charge is -1.98. The van der Waals surface area contributed by atoms with Crippen molar-refractivity contribution in [3.63, 3.8) is 0 Å². The topological polar surface area (TPSA) is 53.6 Å². The zero-order chi connectivity index (χ0) is 7.40. The number of anilines is 1. The van der Waals surface area contributed by atoms with Crippen molar-refractivity contribution in [2.45, 2.75) is 6.92 Å². The summed E-state index contributed by atoms with van der Waals surface area (Å²) in [5.41, 5.74) is 0. The van der Waals surface area contributed by atoms with Crippen LogP contribution in [0.2, 0.25) is 0 Å². The van der Waals surface area contributed by atoms with Crippen LogP contribution in [0.25, 0.3) is 0 Å². The molecule has 0 aliphatic rings. The van der Waals surface area contributed by atoms with Crippen LogP contribution in [0.15, 0.2) is 6.33 Å². The molecular weight excluding hydrogens is 148 g/mol. The number of nitrogens with zero attached hydrogens (tertiary/aromatic N) is 2. The number of H-pyrrole nitrogens is 1. The molecule has 0 aromatic carbocycles. The van der Waals surface area contributed by atoms with E-state index in [1.165, 1.54) is 6.33 Å². The summed E-state index contributed by atoms with van der Waals surface area (Å²) in [6.45, 7) is 2.81. The van der Waals surface area contributed by atoms with E-state index in [9.17, 15) is 0 Å². The van der Waals surface area contributed by atoms with Crippen LogP contribution in [0.5, 0.6) is 0 Å². The Bertz CT molecular complexity index is 256. The van der Waals surface area contributed by atoms with Gasteiger partial charge in [0.25, 0.3) is 0 Å². The summed E-state index contributed by atoms with van der Waals surface area (Å²) in [4.78, 5) is 10.4. The molecule has 1 rings (SSSR count). The predicted octanol–water partition coefficient (Wildman–Crippen LogP) is 0.966. The van der Waals surface area contributed by atoms with Crippen LogP contribution in [0, 0.1) is 4.77 Å². The highest BCUT2D eigenvalue weighted by Crippen LogP contribution is 1.91.